The van der Waals surface area contributed by atoms with Crippen molar-refractivity contribution in [2.75, 3.05) is 33.3 Å². The fourth-order valence-electron chi connectivity index (χ4n) is 4.17. The average molecular weight is 452 g/mol. The fraction of sp³-hybridized carbons (Fsp3) is 0.280. The summed E-state index contributed by atoms with van der Waals surface area (Å²) < 4.78 is 7.32. The van der Waals surface area contributed by atoms with Crippen LogP contribution in [-0.2, 0) is 0 Å². The maximum atomic E-state index is 13.3. The molecule has 1 aliphatic rings. The molecule has 0 saturated carbocycles. The Morgan fingerprint density at radius 1 is 0.844 bits per heavy atom. The second-order valence-corrected chi connectivity index (χ2v) is 8.35. The van der Waals surface area contributed by atoms with Crippen molar-refractivity contribution in [3.05, 3.63) is 82.1 Å². The van der Waals surface area contributed by atoms with Gasteiger partial charge in [0.25, 0.3) is 11.8 Å². The molecule has 0 radical (unpaired) electrons. The molecular weight excluding hydrogens is 426 g/mol. The molecule has 32 heavy (non-hydrogen) atoms. The number of aryl methyl sites for hydroxylation is 1. The predicted molar refractivity (Wildman–Crippen MR) is 125 cm³/mol. The lowest BCUT2D eigenvalue weighted by Gasteiger charge is -2.35. The van der Waals surface area contributed by atoms with Crippen LogP contribution >= 0.6 is 11.6 Å². The smallest absolute Gasteiger partial charge is 0.255 e. The number of carbonyl (C=O) groups excluding carboxylic acids is 2. The molecule has 1 fully saturated rings. The van der Waals surface area contributed by atoms with E-state index in [2.05, 4.69) is 4.57 Å². The Hall–Kier alpha value is -3.25. The third-order valence-corrected chi connectivity index (χ3v) is 6.19. The number of carbonyl (C=O) groups is 2. The summed E-state index contributed by atoms with van der Waals surface area (Å²) in [4.78, 5) is 29.6. The van der Waals surface area contributed by atoms with E-state index in [4.69, 9.17) is 16.3 Å². The average Bonchev–Trinajstić information content (AvgIpc) is 3.12. The summed E-state index contributed by atoms with van der Waals surface area (Å²) in [5.74, 6) is 0.751. The molecule has 0 bridgehead atoms. The van der Waals surface area contributed by atoms with E-state index in [0.29, 0.717) is 42.3 Å². The Morgan fingerprint density at radius 3 is 1.97 bits per heavy atom. The maximum Gasteiger partial charge on any atom is 0.255 e. The number of hydrogen-bond donors (Lipinski definition) is 0. The molecule has 1 aliphatic heterocycles. The van der Waals surface area contributed by atoms with Gasteiger partial charge in [-0.2, -0.15) is 0 Å². The molecule has 2 aromatic carbocycles. The number of piperazine rings is 1. The van der Waals surface area contributed by atoms with Crippen LogP contribution < -0.4 is 4.74 Å². The predicted octanol–water partition coefficient (Wildman–Crippen LogP) is 4.35. The topological polar surface area (TPSA) is 54.8 Å². The molecule has 0 N–H and O–H groups in total. The summed E-state index contributed by atoms with van der Waals surface area (Å²) in [6.07, 6.45) is 0. The molecule has 0 atom stereocenters. The Kier molecular flexibility index (Phi) is 6.24. The van der Waals surface area contributed by atoms with E-state index in [-0.39, 0.29) is 11.8 Å². The van der Waals surface area contributed by atoms with Crippen LogP contribution in [0.25, 0.3) is 5.69 Å². The van der Waals surface area contributed by atoms with Crippen LogP contribution in [0.2, 0.25) is 5.02 Å². The molecular formula is C25H26ClN3O3. The van der Waals surface area contributed by atoms with Gasteiger partial charge in [-0.05, 0) is 68.4 Å². The van der Waals surface area contributed by atoms with E-state index >= 15 is 0 Å². The van der Waals surface area contributed by atoms with Gasteiger partial charge in [0.1, 0.15) is 5.75 Å². The summed E-state index contributed by atoms with van der Waals surface area (Å²) in [6.45, 7) is 5.98. The van der Waals surface area contributed by atoms with Gasteiger partial charge in [0, 0.05) is 53.8 Å². The molecule has 7 heteroatoms. The van der Waals surface area contributed by atoms with Crippen molar-refractivity contribution in [2.24, 2.45) is 0 Å². The second-order valence-electron chi connectivity index (χ2n) is 7.91. The summed E-state index contributed by atoms with van der Waals surface area (Å²) in [7, 11) is 1.64. The largest absolute Gasteiger partial charge is 0.497 e. The van der Waals surface area contributed by atoms with Crippen molar-refractivity contribution in [2.45, 2.75) is 13.8 Å². The van der Waals surface area contributed by atoms with Crippen molar-refractivity contribution in [3.63, 3.8) is 0 Å². The van der Waals surface area contributed by atoms with Crippen LogP contribution in [0, 0.1) is 13.8 Å². The van der Waals surface area contributed by atoms with E-state index in [1.165, 1.54) is 0 Å². The minimum absolute atomic E-state index is 0.00328. The third-order valence-electron chi connectivity index (χ3n) is 5.94. The van der Waals surface area contributed by atoms with Crippen molar-refractivity contribution in [1.82, 2.24) is 14.4 Å². The van der Waals surface area contributed by atoms with E-state index in [1.54, 1.807) is 36.3 Å². The zero-order valence-electron chi connectivity index (χ0n) is 18.5. The Morgan fingerprint density at radius 2 is 1.41 bits per heavy atom. The number of halogens is 1. The normalized spacial score (nSPS) is 13.9. The third kappa shape index (κ3) is 4.23. The molecule has 1 aromatic heterocycles. The number of nitrogens with zero attached hydrogens (tertiary/aromatic N) is 3. The quantitative estimate of drug-likeness (QED) is 0.592. The van der Waals surface area contributed by atoms with Crippen molar-refractivity contribution in [1.29, 1.82) is 0 Å². The standard InChI is InChI=1S/C25H26ClN3O3/c1-17-16-23(18(2)29(17)21-8-10-22(32-3)11-9-21)25(31)28-14-12-27(13-15-28)24(30)19-4-6-20(26)7-5-19/h4-11,16H,12-15H2,1-3H3. The van der Waals surface area contributed by atoms with Crippen molar-refractivity contribution < 1.29 is 14.3 Å². The van der Waals surface area contributed by atoms with Crippen LogP contribution in [0.4, 0.5) is 0 Å². The van der Waals surface area contributed by atoms with Crippen LogP contribution in [-0.4, -0.2) is 59.5 Å². The van der Waals surface area contributed by atoms with Gasteiger partial charge in [-0.15, -0.1) is 0 Å². The lowest BCUT2D eigenvalue weighted by atomic mass is 10.1. The molecule has 1 saturated heterocycles. The summed E-state index contributed by atoms with van der Waals surface area (Å²) in [5.41, 5.74) is 4.18. The van der Waals surface area contributed by atoms with Crippen molar-refractivity contribution in [3.8, 4) is 11.4 Å². The van der Waals surface area contributed by atoms with Gasteiger partial charge in [-0.25, -0.2) is 0 Å². The van der Waals surface area contributed by atoms with Crippen LogP contribution in [0.15, 0.2) is 54.6 Å². The van der Waals surface area contributed by atoms with E-state index < -0.39 is 0 Å². The number of aromatic nitrogens is 1. The van der Waals surface area contributed by atoms with Gasteiger partial charge in [-0.1, -0.05) is 11.6 Å². The minimum Gasteiger partial charge on any atom is -0.497 e. The van der Waals surface area contributed by atoms with Crippen LogP contribution in [0.3, 0.4) is 0 Å². The molecule has 0 unspecified atom stereocenters. The minimum atomic E-state index is -0.0357. The second kappa shape index (κ2) is 9.09. The number of ether oxygens (including phenoxy) is 1. The maximum absolute atomic E-state index is 13.3. The Labute approximate surface area is 193 Å². The number of amides is 2. The van der Waals surface area contributed by atoms with Gasteiger partial charge in [-0.3, -0.25) is 9.59 Å². The monoisotopic (exact) mass is 451 g/mol. The van der Waals surface area contributed by atoms with Gasteiger partial charge < -0.3 is 19.1 Å². The van der Waals surface area contributed by atoms with E-state index in [0.717, 1.165) is 22.8 Å². The summed E-state index contributed by atoms with van der Waals surface area (Å²) in [6, 6.07) is 16.6. The molecule has 0 spiro atoms. The molecule has 2 heterocycles. The van der Waals surface area contributed by atoms with Gasteiger partial charge in [0.2, 0.25) is 0 Å². The summed E-state index contributed by atoms with van der Waals surface area (Å²) >= 11 is 5.92. The van der Waals surface area contributed by atoms with Gasteiger partial charge in [0.05, 0.1) is 12.7 Å². The van der Waals surface area contributed by atoms with E-state index in [1.807, 2.05) is 49.1 Å². The van der Waals surface area contributed by atoms with Gasteiger partial charge >= 0.3 is 0 Å². The highest BCUT2D eigenvalue weighted by Gasteiger charge is 2.27. The number of methoxy groups -OCH3 is 1. The fourth-order valence-corrected chi connectivity index (χ4v) is 4.29. The molecule has 0 aliphatic carbocycles. The SMILES string of the molecule is COc1ccc(-n2c(C)cc(C(=O)N3CCN(C(=O)c4ccc(Cl)cc4)CC3)c2C)cc1. The highest BCUT2D eigenvalue weighted by Crippen LogP contribution is 2.24. The first-order valence-electron chi connectivity index (χ1n) is 10.6. The molecule has 3 aromatic rings. The number of hydrogen-bond acceptors (Lipinski definition) is 3. The highest BCUT2D eigenvalue weighted by atomic mass is 35.5. The molecule has 4 rings (SSSR count). The highest BCUT2D eigenvalue weighted by molar-refractivity contribution is 6.30. The zero-order chi connectivity index (χ0) is 22.8. The zero-order valence-corrected chi connectivity index (χ0v) is 19.2. The first kappa shape index (κ1) is 22.0. The molecule has 6 nitrogen and oxygen atoms in total. The first-order chi connectivity index (χ1) is 15.4. The lowest BCUT2D eigenvalue weighted by Crippen LogP contribution is -2.50. The first-order valence-corrected chi connectivity index (χ1v) is 10.9. The van der Waals surface area contributed by atoms with E-state index in [9.17, 15) is 9.59 Å². The molecule has 166 valence electrons. The number of rotatable bonds is 4. The lowest BCUT2D eigenvalue weighted by molar-refractivity contribution is 0.0535. The number of benzene rings is 2. The van der Waals surface area contributed by atoms with Crippen LogP contribution in [0.5, 0.6) is 5.75 Å². The Balaban J connectivity index is 1.46. The van der Waals surface area contributed by atoms with Crippen LogP contribution in [0.1, 0.15) is 32.1 Å². The summed E-state index contributed by atoms with van der Waals surface area (Å²) in [5, 5.41) is 0.601. The Bertz CT molecular complexity index is 1130. The molecule has 2 amide bonds. The van der Waals surface area contributed by atoms with Crippen molar-refractivity contribution >= 4 is 23.4 Å². The van der Waals surface area contributed by atoms with Gasteiger partial charge in [0.15, 0.2) is 0 Å².